The molecule has 0 unspecified atom stereocenters. The van der Waals surface area contributed by atoms with Gasteiger partial charge in [-0.2, -0.15) is 0 Å². The van der Waals surface area contributed by atoms with Crippen molar-refractivity contribution in [2.24, 2.45) is 0 Å². The molecule has 2 rings (SSSR count). The molecule has 0 amide bonds. The molecule has 0 aromatic heterocycles. The van der Waals surface area contributed by atoms with Crippen LogP contribution in [0.4, 0.5) is 0 Å². The number of ether oxygens (including phenoxy) is 1. The quantitative estimate of drug-likeness (QED) is 0.175. The molecule has 0 fully saturated rings. The second-order valence-corrected chi connectivity index (χ2v) is 9.20. The van der Waals surface area contributed by atoms with Crippen molar-refractivity contribution in [1.29, 1.82) is 0 Å². The molecule has 32 heavy (non-hydrogen) atoms. The lowest BCUT2D eigenvalue weighted by Gasteiger charge is -2.07. The topological polar surface area (TPSA) is 26.3 Å². The molecule has 0 bridgehead atoms. The highest BCUT2D eigenvalue weighted by molar-refractivity contribution is 6.33. The number of halogens is 1. The zero-order valence-corrected chi connectivity index (χ0v) is 20.7. The second-order valence-electron chi connectivity index (χ2n) is 8.79. The average molecular weight is 457 g/mol. The molecule has 0 aliphatic heterocycles. The van der Waals surface area contributed by atoms with Crippen molar-refractivity contribution in [3.63, 3.8) is 0 Å². The van der Waals surface area contributed by atoms with Crippen molar-refractivity contribution >= 4 is 17.6 Å². The van der Waals surface area contributed by atoms with E-state index in [9.17, 15) is 4.79 Å². The van der Waals surface area contributed by atoms with E-state index in [0.29, 0.717) is 17.2 Å². The SMILES string of the molecule is CCCCCCCCCCCCCCCCOC(=O)c1ccc(-c2ccccc2Cl)cc1. The summed E-state index contributed by atoms with van der Waals surface area (Å²) in [6.45, 7) is 2.78. The lowest BCUT2D eigenvalue weighted by molar-refractivity contribution is 0.0497. The molecule has 2 aromatic rings. The summed E-state index contributed by atoms with van der Waals surface area (Å²) in [5.74, 6) is -0.245. The van der Waals surface area contributed by atoms with Crippen molar-refractivity contribution < 1.29 is 9.53 Å². The summed E-state index contributed by atoms with van der Waals surface area (Å²) in [4.78, 5) is 12.2. The van der Waals surface area contributed by atoms with Gasteiger partial charge in [0.05, 0.1) is 12.2 Å². The first-order valence-corrected chi connectivity index (χ1v) is 13.1. The van der Waals surface area contributed by atoms with Gasteiger partial charge in [-0.1, -0.05) is 132 Å². The van der Waals surface area contributed by atoms with Gasteiger partial charge in [0.1, 0.15) is 0 Å². The number of hydrogen-bond donors (Lipinski definition) is 0. The van der Waals surface area contributed by atoms with E-state index >= 15 is 0 Å². The third kappa shape index (κ3) is 10.7. The molecular formula is C29H41ClO2. The fourth-order valence-electron chi connectivity index (χ4n) is 4.03. The Balaban J connectivity index is 1.47. The molecule has 0 saturated heterocycles. The summed E-state index contributed by atoms with van der Waals surface area (Å²) in [5.41, 5.74) is 2.56. The molecule has 176 valence electrons. The highest BCUT2D eigenvalue weighted by Crippen LogP contribution is 2.27. The van der Waals surface area contributed by atoms with E-state index in [4.69, 9.17) is 16.3 Å². The number of hydrogen-bond acceptors (Lipinski definition) is 2. The lowest BCUT2D eigenvalue weighted by Crippen LogP contribution is -2.06. The van der Waals surface area contributed by atoms with Crippen molar-refractivity contribution in [3.8, 4) is 11.1 Å². The van der Waals surface area contributed by atoms with Crippen LogP contribution in [-0.4, -0.2) is 12.6 Å². The maximum atomic E-state index is 12.2. The Kier molecular flexibility index (Phi) is 13.9. The van der Waals surface area contributed by atoms with Crippen molar-refractivity contribution in [1.82, 2.24) is 0 Å². The van der Waals surface area contributed by atoms with Gasteiger partial charge in [-0.3, -0.25) is 0 Å². The number of esters is 1. The predicted octanol–water partition coefficient (Wildman–Crippen LogP) is 9.65. The van der Waals surface area contributed by atoms with Crippen LogP contribution >= 0.6 is 11.6 Å². The van der Waals surface area contributed by atoms with E-state index in [0.717, 1.165) is 24.0 Å². The Hall–Kier alpha value is -1.80. The minimum atomic E-state index is -0.245. The summed E-state index contributed by atoms with van der Waals surface area (Å²) in [6, 6.07) is 15.2. The van der Waals surface area contributed by atoms with Crippen molar-refractivity contribution in [3.05, 3.63) is 59.1 Å². The van der Waals surface area contributed by atoms with E-state index in [1.165, 1.54) is 77.0 Å². The van der Waals surface area contributed by atoms with Gasteiger partial charge >= 0.3 is 5.97 Å². The van der Waals surface area contributed by atoms with Crippen LogP contribution in [0.2, 0.25) is 5.02 Å². The Morgan fingerprint density at radius 3 is 1.72 bits per heavy atom. The Morgan fingerprint density at radius 2 is 1.19 bits per heavy atom. The van der Waals surface area contributed by atoms with Gasteiger partial charge in [-0.05, 0) is 30.2 Å². The molecule has 0 radical (unpaired) electrons. The number of unbranched alkanes of at least 4 members (excludes halogenated alkanes) is 13. The minimum absolute atomic E-state index is 0.245. The molecule has 0 heterocycles. The van der Waals surface area contributed by atoms with E-state index in [2.05, 4.69) is 6.92 Å². The van der Waals surface area contributed by atoms with Crippen LogP contribution in [0.15, 0.2) is 48.5 Å². The normalized spacial score (nSPS) is 10.9. The van der Waals surface area contributed by atoms with Crippen LogP contribution < -0.4 is 0 Å². The molecule has 0 aliphatic rings. The maximum absolute atomic E-state index is 12.2. The van der Waals surface area contributed by atoms with Crippen molar-refractivity contribution in [2.75, 3.05) is 6.61 Å². The van der Waals surface area contributed by atoms with E-state index in [1.807, 2.05) is 48.5 Å². The molecule has 0 N–H and O–H groups in total. The highest BCUT2D eigenvalue weighted by atomic mass is 35.5. The van der Waals surface area contributed by atoms with Gasteiger partial charge in [0.15, 0.2) is 0 Å². The minimum Gasteiger partial charge on any atom is -0.462 e. The summed E-state index contributed by atoms with van der Waals surface area (Å²) in [6.07, 6.45) is 18.5. The monoisotopic (exact) mass is 456 g/mol. The van der Waals surface area contributed by atoms with Gasteiger partial charge < -0.3 is 4.74 Å². The standard InChI is InChI=1S/C29H41ClO2/c1-2-3-4-5-6-7-8-9-10-11-12-13-14-17-24-32-29(31)26-22-20-25(21-23-26)27-18-15-16-19-28(27)30/h15-16,18-23H,2-14,17,24H2,1H3. The smallest absolute Gasteiger partial charge is 0.338 e. The summed E-state index contributed by atoms with van der Waals surface area (Å²) in [7, 11) is 0. The average Bonchev–Trinajstić information content (AvgIpc) is 2.82. The van der Waals surface area contributed by atoms with Gasteiger partial charge in [-0.25, -0.2) is 4.79 Å². The molecule has 0 saturated carbocycles. The van der Waals surface area contributed by atoms with Gasteiger partial charge in [0.25, 0.3) is 0 Å². The van der Waals surface area contributed by atoms with Crippen LogP contribution in [0.5, 0.6) is 0 Å². The molecule has 0 spiro atoms. The fraction of sp³-hybridized carbons (Fsp3) is 0.552. The molecule has 2 aromatic carbocycles. The highest BCUT2D eigenvalue weighted by Gasteiger charge is 2.08. The number of carbonyl (C=O) groups excluding carboxylic acids is 1. The number of carbonyl (C=O) groups is 1. The Bertz CT molecular complexity index is 754. The predicted molar refractivity (Wildman–Crippen MR) is 137 cm³/mol. The molecule has 2 nitrogen and oxygen atoms in total. The van der Waals surface area contributed by atoms with E-state index in [-0.39, 0.29) is 5.97 Å². The first-order chi connectivity index (χ1) is 15.7. The number of rotatable bonds is 17. The third-order valence-electron chi connectivity index (χ3n) is 6.04. The fourth-order valence-corrected chi connectivity index (χ4v) is 4.27. The molecule has 0 aliphatic carbocycles. The Morgan fingerprint density at radius 1 is 0.688 bits per heavy atom. The largest absolute Gasteiger partial charge is 0.462 e. The van der Waals surface area contributed by atoms with Crippen LogP contribution in [0, 0.1) is 0 Å². The second kappa shape index (κ2) is 16.8. The van der Waals surface area contributed by atoms with E-state index in [1.54, 1.807) is 0 Å². The first-order valence-electron chi connectivity index (χ1n) is 12.7. The zero-order valence-electron chi connectivity index (χ0n) is 19.9. The third-order valence-corrected chi connectivity index (χ3v) is 6.37. The summed E-state index contributed by atoms with van der Waals surface area (Å²) in [5, 5.41) is 0.709. The first kappa shape index (κ1) is 26.5. The van der Waals surface area contributed by atoms with Gasteiger partial charge in [0, 0.05) is 10.6 Å². The van der Waals surface area contributed by atoms with Crippen LogP contribution in [-0.2, 0) is 4.74 Å². The van der Waals surface area contributed by atoms with Crippen molar-refractivity contribution in [2.45, 2.75) is 96.8 Å². The van der Waals surface area contributed by atoms with Crippen LogP contribution in [0.25, 0.3) is 11.1 Å². The molecule has 3 heteroatoms. The summed E-state index contributed by atoms with van der Waals surface area (Å²) < 4.78 is 5.44. The van der Waals surface area contributed by atoms with Gasteiger partial charge in [0.2, 0.25) is 0 Å². The van der Waals surface area contributed by atoms with Crippen LogP contribution in [0.3, 0.4) is 0 Å². The lowest BCUT2D eigenvalue weighted by atomic mass is 10.0. The van der Waals surface area contributed by atoms with Crippen LogP contribution in [0.1, 0.15) is 107 Å². The van der Waals surface area contributed by atoms with E-state index < -0.39 is 0 Å². The zero-order chi connectivity index (χ0) is 22.9. The maximum Gasteiger partial charge on any atom is 0.338 e. The number of benzene rings is 2. The summed E-state index contributed by atoms with van der Waals surface area (Å²) >= 11 is 6.25. The molecular weight excluding hydrogens is 416 g/mol. The molecule has 0 atom stereocenters. The van der Waals surface area contributed by atoms with Gasteiger partial charge in [-0.15, -0.1) is 0 Å². The Labute approximate surface area is 200 Å².